The van der Waals surface area contributed by atoms with E-state index >= 15 is 0 Å². The second kappa shape index (κ2) is 6.54. The van der Waals surface area contributed by atoms with Gasteiger partial charge in [0.05, 0.1) is 6.42 Å². The lowest BCUT2D eigenvalue weighted by atomic mass is 9.94. The number of hydrogen-bond acceptors (Lipinski definition) is 2. The third-order valence-electron chi connectivity index (χ3n) is 4.88. The van der Waals surface area contributed by atoms with Crippen LogP contribution in [0.4, 0.5) is 0 Å². The summed E-state index contributed by atoms with van der Waals surface area (Å²) in [5.74, 6) is 0.299. The highest BCUT2D eigenvalue weighted by Gasteiger charge is 2.30. The van der Waals surface area contributed by atoms with Crippen LogP contribution in [0.1, 0.15) is 26.3 Å². The first-order valence-corrected chi connectivity index (χ1v) is 8.87. The standard InChI is InChI=1S/C20H27N3O2/c1-20(2,3)19(25)23-11-9-22(10-12-23)18(24)13-15-14-21(4)17-8-6-5-7-16(15)17/h5-8,14H,9-13H2,1-4H3. The van der Waals surface area contributed by atoms with Crippen molar-refractivity contribution in [3.63, 3.8) is 0 Å². The number of benzene rings is 1. The number of aromatic nitrogens is 1. The number of amides is 2. The molecule has 134 valence electrons. The zero-order valence-electron chi connectivity index (χ0n) is 15.6. The summed E-state index contributed by atoms with van der Waals surface area (Å²) in [4.78, 5) is 28.8. The van der Waals surface area contributed by atoms with Crippen molar-refractivity contribution in [2.75, 3.05) is 26.2 Å². The highest BCUT2D eigenvalue weighted by Crippen LogP contribution is 2.22. The maximum Gasteiger partial charge on any atom is 0.228 e. The molecular formula is C20H27N3O2. The van der Waals surface area contributed by atoms with Gasteiger partial charge in [0, 0.05) is 55.7 Å². The molecule has 1 aromatic carbocycles. The number of carbonyl (C=O) groups is 2. The Bertz CT molecular complexity index is 793. The maximum atomic E-state index is 12.7. The van der Waals surface area contributed by atoms with Crippen LogP contribution < -0.4 is 0 Å². The van der Waals surface area contributed by atoms with Gasteiger partial charge in [-0.2, -0.15) is 0 Å². The van der Waals surface area contributed by atoms with E-state index in [1.807, 2.05) is 55.9 Å². The molecule has 5 nitrogen and oxygen atoms in total. The van der Waals surface area contributed by atoms with Gasteiger partial charge < -0.3 is 14.4 Å². The van der Waals surface area contributed by atoms with E-state index in [0.717, 1.165) is 16.5 Å². The van der Waals surface area contributed by atoms with Crippen molar-refractivity contribution in [2.45, 2.75) is 27.2 Å². The van der Waals surface area contributed by atoms with Crippen LogP contribution in [-0.4, -0.2) is 52.4 Å². The minimum absolute atomic E-state index is 0.138. The predicted molar refractivity (Wildman–Crippen MR) is 99.2 cm³/mol. The van der Waals surface area contributed by atoms with Gasteiger partial charge in [0.1, 0.15) is 0 Å². The molecule has 2 aromatic rings. The first kappa shape index (κ1) is 17.5. The van der Waals surface area contributed by atoms with Crippen LogP contribution in [0.2, 0.25) is 0 Å². The Kier molecular flexibility index (Phi) is 4.58. The van der Waals surface area contributed by atoms with Gasteiger partial charge in [-0.3, -0.25) is 9.59 Å². The van der Waals surface area contributed by atoms with Gasteiger partial charge in [0.15, 0.2) is 0 Å². The maximum absolute atomic E-state index is 12.7. The number of rotatable bonds is 2. The Hall–Kier alpha value is -2.30. The van der Waals surface area contributed by atoms with Crippen molar-refractivity contribution in [1.82, 2.24) is 14.4 Å². The molecule has 0 spiro atoms. The predicted octanol–water partition coefficient (Wildman–Crippen LogP) is 2.44. The molecule has 1 saturated heterocycles. The second-order valence-corrected chi connectivity index (χ2v) is 7.88. The van der Waals surface area contributed by atoms with Crippen LogP contribution in [0.3, 0.4) is 0 Å². The van der Waals surface area contributed by atoms with E-state index in [0.29, 0.717) is 32.6 Å². The van der Waals surface area contributed by atoms with Crippen LogP contribution in [-0.2, 0) is 23.1 Å². The molecule has 0 aliphatic carbocycles. The highest BCUT2D eigenvalue weighted by atomic mass is 16.2. The summed E-state index contributed by atoms with van der Waals surface area (Å²) in [5, 5.41) is 1.14. The van der Waals surface area contributed by atoms with Crippen molar-refractivity contribution >= 4 is 22.7 Å². The van der Waals surface area contributed by atoms with Crippen LogP contribution in [0.25, 0.3) is 10.9 Å². The zero-order valence-corrected chi connectivity index (χ0v) is 15.6. The van der Waals surface area contributed by atoms with Crippen LogP contribution >= 0.6 is 0 Å². The van der Waals surface area contributed by atoms with Gasteiger partial charge in [0.2, 0.25) is 11.8 Å². The monoisotopic (exact) mass is 341 g/mol. The Balaban J connectivity index is 1.64. The molecule has 5 heteroatoms. The van der Waals surface area contributed by atoms with E-state index in [1.54, 1.807) is 0 Å². The lowest BCUT2D eigenvalue weighted by Gasteiger charge is -2.37. The quantitative estimate of drug-likeness (QED) is 0.842. The first-order valence-electron chi connectivity index (χ1n) is 8.87. The zero-order chi connectivity index (χ0) is 18.2. The molecule has 0 radical (unpaired) electrons. The summed E-state index contributed by atoms with van der Waals surface area (Å²) >= 11 is 0. The average Bonchev–Trinajstić information content (AvgIpc) is 2.90. The van der Waals surface area contributed by atoms with E-state index in [1.165, 1.54) is 0 Å². The molecule has 25 heavy (non-hydrogen) atoms. The molecule has 1 aliphatic rings. The Morgan fingerprint density at radius 2 is 1.60 bits per heavy atom. The normalized spacial score (nSPS) is 15.7. The second-order valence-electron chi connectivity index (χ2n) is 7.88. The van der Waals surface area contributed by atoms with Gasteiger partial charge in [0.25, 0.3) is 0 Å². The van der Waals surface area contributed by atoms with Gasteiger partial charge in [-0.25, -0.2) is 0 Å². The number of aryl methyl sites for hydroxylation is 1. The van der Waals surface area contributed by atoms with Crippen molar-refractivity contribution in [3.8, 4) is 0 Å². The van der Waals surface area contributed by atoms with Crippen LogP contribution in [0.15, 0.2) is 30.5 Å². The van der Waals surface area contributed by atoms with Crippen molar-refractivity contribution < 1.29 is 9.59 Å². The topological polar surface area (TPSA) is 45.6 Å². The lowest BCUT2D eigenvalue weighted by Crippen LogP contribution is -2.53. The van der Waals surface area contributed by atoms with Crippen molar-refractivity contribution in [3.05, 3.63) is 36.0 Å². The summed E-state index contributed by atoms with van der Waals surface area (Å²) in [6, 6.07) is 8.16. The lowest BCUT2D eigenvalue weighted by molar-refractivity contribution is -0.144. The van der Waals surface area contributed by atoms with Crippen molar-refractivity contribution in [1.29, 1.82) is 0 Å². The number of carbonyl (C=O) groups excluding carboxylic acids is 2. The number of hydrogen-bond donors (Lipinski definition) is 0. The van der Waals surface area contributed by atoms with Crippen LogP contribution in [0.5, 0.6) is 0 Å². The molecule has 1 aromatic heterocycles. The third-order valence-corrected chi connectivity index (χ3v) is 4.88. The van der Waals surface area contributed by atoms with Gasteiger partial charge in [-0.05, 0) is 11.6 Å². The fourth-order valence-corrected chi connectivity index (χ4v) is 3.47. The molecule has 0 bridgehead atoms. The number of fused-ring (bicyclic) bond motifs is 1. The molecule has 1 fully saturated rings. The van der Waals surface area contributed by atoms with E-state index < -0.39 is 0 Å². The van der Waals surface area contributed by atoms with Crippen LogP contribution in [0, 0.1) is 5.41 Å². The fraction of sp³-hybridized carbons (Fsp3) is 0.500. The van der Waals surface area contributed by atoms with E-state index in [2.05, 4.69) is 16.7 Å². The smallest absolute Gasteiger partial charge is 0.228 e. The van der Waals surface area contributed by atoms with E-state index in [9.17, 15) is 9.59 Å². The number of nitrogens with zero attached hydrogens (tertiary/aromatic N) is 3. The summed E-state index contributed by atoms with van der Waals surface area (Å²) in [5.41, 5.74) is 1.84. The molecule has 2 heterocycles. The average molecular weight is 341 g/mol. The molecule has 1 aliphatic heterocycles. The minimum atomic E-state index is -0.366. The van der Waals surface area contributed by atoms with Gasteiger partial charge >= 0.3 is 0 Å². The largest absolute Gasteiger partial charge is 0.350 e. The molecule has 2 amide bonds. The van der Waals surface area contributed by atoms with Crippen molar-refractivity contribution in [2.24, 2.45) is 12.5 Å². The molecule has 0 N–H and O–H groups in total. The van der Waals surface area contributed by atoms with Gasteiger partial charge in [-0.15, -0.1) is 0 Å². The third kappa shape index (κ3) is 3.55. The fourth-order valence-electron chi connectivity index (χ4n) is 3.47. The van der Waals surface area contributed by atoms with Gasteiger partial charge in [-0.1, -0.05) is 39.0 Å². The number of piperazine rings is 1. The van der Waals surface area contributed by atoms with E-state index in [-0.39, 0.29) is 17.2 Å². The highest BCUT2D eigenvalue weighted by molar-refractivity contribution is 5.89. The summed E-state index contributed by atoms with van der Waals surface area (Å²) in [7, 11) is 2.01. The molecule has 0 atom stereocenters. The number of para-hydroxylation sites is 1. The Labute approximate surface area is 149 Å². The Morgan fingerprint density at radius 1 is 1.00 bits per heavy atom. The van der Waals surface area contributed by atoms with E-state index in [4.69, 9.17) is 0 Å². The molecular weight excluding hydrogens is 314 g/mol. The SMILES string of the molecule is Cn1cc(CC(=O)N2CCN(C(=O)C(C)(C)C)CC2)c2ccccc21. The summed E-state index contributed by atoms with van der Waals surface area (Å²) in [6.45, 7) is 8.29. The minimum Gasteiger partial charge on any atom is -0.350 e. The summed E-state index contributed by atoms with van der Waals surface area (Å²) in [6.07, 6.45) is 2.45. The molecule has 0 unspecified atom stereocenters. The summed E-state index contributed by atoms with van der Waals surface area (Å²) < 4.78 is 2.07. The molecule has 3 rings (SSSR count). The molecule has 0 saturated carbocycles. The first-order chi connectivity index (χ1) is 11.8. The Morgan fingerprint density at radius 3 is 2.24 bits per heavy atom.